The highest BCUT2D eigenvalue weighted by Crippen LogP contribution is 2.22. The molecule has 1 rings (SSSR count). The number of nitrogens with one attached hydrogen (secondary N) is 1. The Bertz CT molecular complexity index is 639. The zero-order valence-corrected chi connectivity index (χ0v) is 13.1. The summed E-state index contributed by atoms with van der Waals surface area (Å²) in [6.45, 7) is 8.32. The summed E-state index contributed by atoms with van der Waals surface area (Å²) in [5.41, 5.74) is 0.550. The van der Waals surface area contributed by atoms with E-state index in [-0.39, 0.29) is 17.1 Å². The molecule has 1 aromatic carbocycles. The Morgan fingerprint density at radius 1 is 1.45 bits per heavy atom. The molecule has 0 aromatic heterocycles. The van der Waals surface area contributed by atoms with Gasteiger partial charge < -0.3 is 14.8 Å². The molecule has 0 heterocycles. The van der Waals surface area contributed by atoms with Crippen LogP contribution in [-0.4, -0.2) is 25.0 Å². The molecule has 0 aliphatic carbocycles. The van der Waals surface area contributed by atoms with Crippen molar-refractivity contribution in [3.05, 3.63) is 48.6 Å². The predicted molar refractivity (Wildman–Crippen MR) is 88.4 cm³/mol. The first kappa shape index (κ1) is 17.5. The van der Waals surface area contributed by atoms with Crippen LogP contribution in [0.4, 0.5) is 5.69 Å². The number of nitrogens with zero attached hydrogens (tertiary/aromatic N) is 2. The third kappa shape index (κ3) is 5.41. The Labute approximate surface area is 133 Å². The minimum Gasteiger partial charge on any atom is -0.496 e. The van der Waals surface area contributed by atoms with E-state index in [4.69, 9.17) is 21.1 Å². The number of amides is 1. The second kappa shape index (κ2) is 8.63. The first-order valence-electron chi connectivity index (χ1n) is 6.17. The Morgan fingerprint density at radius 2 is 2.18 bits per heavy atom. The maximum absolute atomic E-state index is 11.3. The SMILES string of the molecule is C=CC(=O)Nc1cccc(OC(/N=C(/Cl)N=C)=C(/C)OC)c1. The molecular formula is C15H16ClN3O3. The van der Waals surface area contributed by atoms with E-state index >= 15 is 0 Å². The Kier molecular flexibility index (Phi) is 6.85. The Balaban J connectivity index is 3.04. The van der Waals surface area contributed by atoms with Gasteiger partial charge >= 0.3 is 0 Å². The standard InChI is InChI=1S/C15H16ClN3O3/c1-5-13(20)18-11-7-6-8-12(9-11)22-14(10(2)21-4)19-15(16)17-3/h5-9H,1,3H2,2,4H3,(H,18,20)/b14-10-,19-15-. The zero-order chi connectivity index (χ0) is 16.5. The summed E-state index contributed by atoms with van der Waals surface area (Å²) in [6, 6.07) is 6.74. The number of ether oxygens (including phenoxy) is 2. The van der Waals surface area contributed by atoms with Gasteiger partial charge in [-0.05, 0) is 43.5 Å². The molecule has 22 heavy (non-hydrogen) atoms. The van der Waals surface area contributed by atoms with Gasteiger partial charge in [0.05, 0.1) is 7.11 Å². The van der Waals surface area contributed by atoms with Crippen molar-refractivity contribution in [2.45, 2.75) is 6.92 Å². The van der Waals surface area contributed by atoms with Gasteiger partial charge in [-0.1, -0.05) is 12.6 Å². The molecule has 0 aliphatic heterocycles. The Morgan fingerprint density at radius 3 is 2.77 bits per heavy atom. The van der Waals surface area contributed by atoms with Crippen molar-refractivity contribution in [3.63, 3.8) is 0 Å². The summed E-state index contributed by atoms with van der Waals surface area (Å²) in [5.74, 6) is 0.651. The smallest absolute Gasteiger partial charge is 0.260 e. The molecule has 0 spiro atoms. The normalized spacial score (nSPS) is 12.0. The highest BCUT2D eigenvalue weighted by atomic mass is 35.5. The number of amidine groups is 1. The number of hydrogen-bond acceptors (Lipinski definition) is 4. The van der Waals surface area contributed by atoms with Crippen LogP contribution < -0.4 is 10.1 Å². The van der Waals surface area contributed by atoms with Crippen molar-refractivity contribution in [1.29, 1.82) is 0 Å². The molecule has 1 amide bonds. The number of carbonyl (C=O) groups is 1. The molecule has 0 radical (unpaired) electrons. The second-order valence-electron chi connectivity index (χ2n) is 3.93. The predicted octanol–water partition coefficient (Wildman–Crippen LogP) is 3.32. The lowest BCUT2D eigenvalue weighted by molar-refractivity contribution is -0.111. The van der Waals surface area contributed by atoms with Crippen LogP contribution in [0, 0.1) is 0 Å². The molecule has 0 fully saturated rings. The molecule has 0 saturated carbocycles. The molecule has 1 N–H and O–H groups in total. The molecule has 0 aliphatic rings. The fraction of sp³-hybridized carbons (Fsp3) is 0.133. The van der Waals surface area contributed by atoms with Crippen LogP contribution >= 0.6 is 11.6 Å². The van der Waals surface area contributed by atoms with Crippen molar-refractivity contribution in [2.75, 3.05) is 12.4 Å². The van der Waals surface area contributed by atoms with Gasteiger partial charge in [0.15, 0.2) is 5.76 Å². The average molecular weight is 322 g/mol. The fourth-order valence-electron chi connectivity index (χ4n) is 1.32. The van der Waals surface area contributed by atoms with E-state index in [9.17, 15) is 4.79 Å². The quantitative estimate of drug-likeness (QED) is 0.287. The van der Waals surface area contributed by atoms with Crippen LogP contribution in [0.25, 0.3) is 0 Å². The molecular weight excluding hydrogens is 306 g/mol. The van der Waals surface area contributed by atoms with Gasteiger partial charge in [0.2, 0.25) is 11.2 Å². The lowest BCUT2D eigenvalue weighted by Crippen LogP contribution is -2.07. The third-order valence-corrected chi connectivity index (χ3v) is 2.64. The highest BCUT2D eigenvalue weighted by Gasteiger charge is 2.08. The summed E-state index contributed by atoms with van der Waals surface area (Å²) in [5, 5.41) is 2.54. The topological polar surface area (TPSA) is 72.3 Å². The molecule has 1 aromatic rings. The van der Waals surface area contributed by atoms with Gasteiger partial charge in [0.25, 0.3) is 5.88 Å². The van der Waals surface area contributed by atoms with Crippen molar-refractivity contribution in [2.24, 2.45) is 9.98 Å². The minimum absolute atomic E-state index is 0.0810. The number of methoxy groups -OCH3 is 1. The van der Waals surface area contributed by atoms with Crippen molar-refractivity contribution in [1.82, 2.24) is 0 Å². The summed E-state index contributed by atoms with van der Waals surface area (Å²) in [7, 11) is 1.48. The van der Waals surface area contributed by atoms with E-state index in [0.717, 1.165) is 0 Å². The zero-order valence-electron chi connectivity index (χ0n) is 12.3. The van der Waals surface area contributed by atoms with Crippen molar-refractivity contribution < 1.29 is 14.3 Å². The van der Waals surface area contributed by atoms with Crippen LogP contribution in [-0.2, 0) is 9.53 Å². The maximum atomic E-state index is 11.3. The Hall–Kier alpha value is -2.60. The molecule has 116 valence electrons. The number of anilines is 1. The van der Waals surface area contributed by atoms with Gasteiger partial charge in [-0.15, -0.1) is 0 Å². The van der Waals surface area contributed by atoms with Crippen molar-refractivity contribution >= 4 is 35.2 Å². The minimum atomic E-state index is -0.321. The van der Waals surface area contributed by atoms with E-state index in [1.54, 1.807) is 31.2 Å². The van der Waals surface area contributed by atoms with Gasteiger partial charge in [-0.25, -0.2) is 4.99 Å². The number of carbonyl (C=O) groups excluding carboxylic acids is 1. The largest absolute Gasteiger partial charge is 0.496 e. The first-order chi connectivity index (χ1) is 10.5. The number of hydrogen-bond donors (Lipinski definition) is 1. The van der Waals surface area contributed by atoms with Crippen LogP contribution in [0.15, 0.2) is 58.5 Å². The lowest BCUT2D eigenvalue weighted by atomic mass is 10.3. The maximum Gasteiger partial charge on any atom is 0.260 e. The van der Waals surface area contributed by atoms with E-state index in [1.807, 2.05) is 0 Å². The number of rotatable bonds is 6. The van der Waals surface area contributed by atoms with E-state index < -0.39 is 0 Å². The highest BCUT2D eigenvalue weighted by molar-refractivity contribution is 6.65. The monoisotopic (exact) mass is 321 g/mol. The summed E-state index contributed by atoms with van der Waals surface area (Å²) < 4.78 is 10.7. The van der Waals surface area contributed by atoms with Gasteiger partial charge in [-0.2, -0.15) is 4.99 Å². The first-order valence-corrected chi connectivity index (χ1v) is 6.55. The van der Waals surface area contributed by atoms with Crippen molar-refractivity contribution in [3.8, 4) is 5.75 Å². The summed E-state index contributed by atoms with van der Waals surface area (Å²) >= 11 is 5.73. The summed E-state index contributed by atoms with van der Waals surface area (Å²) in [4.78, 5) is 18.7. The molecule has 0 unspecified atom stereocenters. The van der Waals surface area contributed by atoms with Crippen LogP contribution in [0.3, 0.4) is 0 Å². The number of aliphatic imine (C=N–C) groups is 2. The molecule has 7 heteroatoms. The van der Waals surface area contributed by atoms with E-state index in [0.29, 0.717) is 17.2 Å². The van der Waals surface area contributed by atoms with Crippen LogP contribution in [0.2, 0.25) is 0 Å². The van der Waals surface area contributed by atoms with Crippen LogP contribution in [0.1, 0.15) is 6.92 Å². The summed E-state index contributed by atoms with van der Waals surface area (Å²) in [6.07, 6.45) is 1.17. The molecule has 0 saturated heterocycles. The van der Waals surface area contributed by atoms with Gasteiger partial charge in [0.1, 0.15) is 5.75 Å². The molecule has 6 nitrogen and oxygen atoms in total. The fourth-order valence-corrected chi connectivity index (χ4v) is 1.40. The third-order valence-electron chi connectivity index (χ3n) is 2.43. The van der Waals surface area contributed by atoms with E-state index in [2.05, 4.69) is 28.6 Å². The van der Waals surface area contributed by atoms with Crippen LogP contribution in [0.5, 0.6) is 5.75 Å². The number of benzene rings is 1. The van der Waals surface area contributed by atoms with E-state index in [1.165, 1.54) is 13.2 Å². The lowest BCUT2D eigenvalue weighted by Gasteiger charge is -2.10. The molecule has 0 atom stereocenters. The average Bonchev–Trinajstić information content (AvgIpc) is 2.53. The second-order valence-corrected chi connectivity index (χ2v) is 4.27. The number of allylic oxidation sites excluding steroid dienone is 1. The van der Waals surface area contributed by atoms with Gasteiger partial charge in [0, 0.05) is 11.8 Å². The molecule has 0 bridgehead atoms. The number of halogens is 1. The van der Waals surface area contributed by atoms with Gasteiger partial charge in [-0.3, -0.25) is 4.79 Å².